The molecule has 2 aromatic rings. The zero-order valence-electron chi connectivity index (χ0n) is 15.9. The Bertz CT molecular complexity index is 951. The molecule has 2 aromatic carbocycles. The average Bonchev–Trinajstić information content (AvgIpc) is 2.72. The summed E-state index contributed by atoms with van der Waals surface area (Å²) in [7, 11) is -2.31. The third kappa shape index (κ3) is 4.52. The number of sulfonamides is 1. The Morgan fingerprint density at radius 2 is 1.89 bits per heavy atom. The SMILES string of the molecule is COc1ccc(S(=O)(=O)N2CCOCC2)cc1C(=O)OCc1cccc(C)c1. The number of esters is 1. The molecule has 0 atom stereocenters. The van der Waals surface area contributed by atoms with E-state index in [9.17, 15) is 13.2 Å². The number of nitrogens with zero attached hydrogens (tertiary/aromatic N) is 1. The average molecular weight is 405 g/mol. The first-order valence-corrected chi connectivity index (χ1v) is 10.3. The molecule has 0 saturated carbocycles. The van der Waals surface area contributed by atoms with E-state index in [4.69, 9.17) is 14.2 Å². The lowest BCUT2D eigenvalue weighted by atomic mass is 10.1. The van der Waals surface area contributed by atoms with Crippen molar-refractivity contribution in [3.63, 3.8) is 0 Å². The van der Waals surface area contributed by atoms with Gasteiger partial charge in [-0.2, -0.15) is 4.31 Å². The Hall–Kier alpha value is -2.42. The van der Waals surface area contributed by atoms with Gasteiger partial charge >= 0.3 is 5.97 Å². The van der Waals surface area contributed by atoms with Gasteiger partial charge in [-0.1, -0.05) is 29.8 Å². The Labute approximate surface area is 164 Å². The number of rotatable bonds is 6. The Morgan fingerprint density at radius 3 is 2.57 bits per heavy atom. The summed E-state index contributed by atoms with van der Waals surface area (Å²) in [6, 6.07) is 11.8. The molecule has 150 valence electrons. The number of aryl methyl sites for hydroxylation is 1. The van der Waals surface area contributed by atoms with Crippen LogP contribution in [0.3, 0.4) is 0 Å². The zero-order valence-corrected chi connectivity index (χ0v) is 16.7. The number of carbonyl (C=O) groups excluding carboxylic acids is 1. The van der Waals surface area contributed by atoms with Crippen molar-refractivity contribution < 1.29 is 27.4 Å². The van der Waals surface area contributed by atoms with Gasteiger partial charge in [0.25, 0.3) is 0 Å². The van der Waals surface area contributed by atoms with Gasteiger partial charge in [0.1, 0.15) is 17.9 Å². The minimum Gasteiger partial charge on any atom is -0.496 e. The maximum Gasteiger partial charge on any atom is 0.342 e. The fourth-order valence-corrected chi connectivity index (χ4v) is 4.41. The molecule has 3 rings (SSSR count). The Morgan fingerprint density at radius 1 is 1.14 bits per heavy atom. The molecule has 1 heterocycles. The van der Waals surface area contributed by atoms with Gasteiger partial charge in [-0.25, -0.2) is 13.2 Å². The van der Waals surface area contributed by atoms with Crippen LogP contribution in [-0.4, -0.2) is 52.1 Å². The summed E-state index contributed by atoms with van der Waals surface area (Å²) in [5.41, 5.74) is 1.98. The fourth-order valence-electron chi connectivity index (χ4n) is 2.97. The van der Waals surface area contributed by atoms with E-state index in [1.54, 1.807) is 0 Å². The molecule has 0 aromatic heterocycles. The Kier molecular flexibility index (Phi) is 6.33. The number of methoxy groups -OCH3 is 1. The molecule has 1 aliphatic heterocycles. The molecule has 0 radical (unpaired) electrons. The first kappa shape index (κ1) is 20.3. The summed E-state index contributed by atoms with van der Waals surface area (Å²) < 4.78 is 42.9. The van der Waals surface area contributed by atoms with Gasteiger partial charge in [-0.05, 0) is 30.7 Å². The standard InChI is InChI=1S/C20H23NO6S/c1-15-4-3-5-16(12-15)14-27-20(22)18-13-17(6-7-19(18)25-2)28(23,24)21-8-10-26-11-9-21/h3-7,12-13H,8-11,14H2,1-2H3. The normalized spacial score (nSPS) is 15.2. The van der Waals surface area contributed by atoms with Crippen LogP contribution >= 0.6 is 0 Å². The minimum absolute atomic E-state index is 0.0257. The van der Waals surface area contributed by atoms with E-state index < -0.39 is 16.0 Å². The molecule has 8 heteroatoms. The number of hydrogen-bond donors (Lipinski definition) is 0. The second kappa shape index (κ2) is 8.72. The smallest absolute Gasteiger partial charge is 0.342 e. The van der Waals surface area contributed by atoms with E-state index in [0.717, 1.165) is 11.1 Å². The molecule has 0 amide bonds. The summed E-state index contributed by atoms with van der Waals surface area (Å²) in [6.45, 7) is 3.29. The molecule has 1 aliphatic rings. The summed E-state index contributed by atoms with van der Waals surface area (Å²) in [5, 5.41) is 0. The maximum absolute atomic E-state index is 12.9. The van der Waals surface area contributed by atoms with Gasteiger partial charge in [-0.3, -0.25) is 0 Å². The lowest BCUT2D eigenvalue weighted by Gasteiger charge is -2.26. The van der Waals surface area contributed by atoms with E-state index in [1.165, 1.54) is 29.6 Å². The molecule has 0 unspecified atom stereocenters. The predicted octanol–water partition coefficient (Wildman–Crippen LogP) is 2.38. The lowest BCUT2D eigenvalue weighted by molar-refractivity contribution is 0.0468. The Balaban J connectivity index is 1.83. The van der Waals surface area contributed by atoms with Gasteiger partial charge in [0, 0.05) is 13.1 Å². The number of ether oxygens (including phenoxy) is 3. The minimum atomic E-state index is -3.73. The zero-order chi connectivity index (χ0) is 20.1. The number of carbonyl (C=O) groups is 1. The molecule has 0 bridgehead atoms. The van der Waals surface area contributed by atoms with Gasteiger partial charge in [0.05, 0.1) is 25.2 Å². The van der Waals surface area contributed by atoms with Crippen LogP contribution in [-0.2, 0) is 26.1 Å². The van der Waals surface area contributed by atoms with Crippen LogP contribution < -0.4 is 4.74 Å². The highest BCUT2D eigenvalue weighted by Gasteiger charge is 2.28. The summed E-state index contributed by atoms with van der Waals surface area (Å²) in [5.74, 6) is -0.382. The predicted molar refractivity (Wildman–Crippen MR) is 103 cm³/mol. The van der Waals surface area contributed by atoms with Crippen LogP contribution in [0.5, 0.6) is 5.75 Å². The largest absolute Gasteiger partial charge is 0.496 e. The molecule has 28 heavy (non-hydrogen) atoms. The highest BCUT2D eigenvalue weighted by Crippen LogP contribution is 2.26. The van der Waals surface area contributed by atoms with Crippen LogP contribution in [0.2, 0.25) is 0 Å². The van der Waals surface area contributed by atoms with Crippen molar-refractivity contribution in [1.29, 1.82) is 0 Å². The third-order valence-corrected chi connectivity index (χ3v) is 6.35. The van der Waals surface area contributed by atoms with Gasteiger partial charge in [0.15, 0.2) is 0 Å². The van der Waals surface area contributed by atoms with E-state index in [-0.39, 0.29) is 35.9 Å². The first-order chi connectivity index (χ1) is 13.4. The van der Waals surface area contributed by atoms with E-state index in [0.29, 0.717) is 13.2 Å². The summed E-state index contributed by atoms with van der Waals surface area (Å²) >= 11 is 0. The first-order valence-electron chi connectivity index (χ1n) is 8.90. The highest BCUT2D eigenvalue weighted by molar-refractivity contribution is 7.89. The van der Waals surface area contributed by atoms with Crippen LogP contribution in [0.4, 0.5) is 0 Å². The van der Waals surface area contributed by atoms with Gasteiger partial charge in [0.2, 0.25) is 10.0 Å². The van der Waals surface area contributed by atoms with Crippen molar-refractivity contribution in [2.75, 3.05) is 33.4 Å². The topological polar surface area (TPSA) is 82.1 Å². The molecule has 0 aliphatic carbocycles. The molecule has 1 fully saturated rings. The van der Waals surface area contributed by atoms with E-state index >= 15 is 0 Å². The van der Waals surface area contributed by atoms with Gasteiger partial charge < -0.3 is 14.2 Å². The maximum atomic E-state index is 12.9. The molecular weight excluding hydrogens is 382 g/mol. The number of hydrogen-bond acceptors (Lipinski definition) is 6. The van der Waals surface area contributed by atoms with Crippen molar-refractivity contribution in [2.45, 2.75) is 18.4 Å². The summed E-state index contributed by atoms with van der Waals surface area (Å²) in [6.07, 6.45) is 0. The second-order valence-corrected chi connectivity index (χ2v) is 8.38. The summed E-state index contributed by atoms with van der Waals surface area (Å²) in [4.78, 5) is 12.6. The third-order valence-electron chi connectivity index (χ3n) is 4.45. The number of benzene rings is 2. The monoisotopic (exact) mass is 405 g/mol. The van der Waals surface area contributed by atoms with Crippen molar-refractivity contribution in [2.24, 2.45) is 0 Å². The van der Waals surface area contributed by atoms with Crippen LogP contribution in [0.1, 0.15) is 21.5 Å². The fraction of sp³-hybridized carbons (Fsp3) is 0.350. The van der Waals surface area contributed by atoms with E-state index in [2.05, 4.69) is 0 Å². The van der Waals surface area contributed by atoms with Gasteiger partial charge in [-0.15, -0.1) is 0 Å². The van der Waals surface area contributed by atoms with Crippen molar-refractivity contribution in [1.82, 2.24) is 4.31 Å². The molecule has 1 saturated heterocycles. The van der Waals surface area contributed by atoms with Crippen molar-refractivity contribution >= 4 is 16.0 Å². The lowest BCUT2D eigenvalue weighted by Crippen LogP contribution is -2.40. The van der Waals surface area contributed by atoms with Crippen LogP contribution in [0.15, 0.2) is 47.4 Å². The van der Waals surface area contributed by atoms with Crippen molar-refractivity contribution in [3.05, 3.63) is 59.2 Å². The highest BCUT2D eigenvalue weighted by atomic mass is 32.2. The second-order valence-electron chi connectivity index (χ2n) is 6.44. The molecular formula is C20H23NO6S. The molecule has 0 N–H and O–H groups in total. The molecule has 7 nitrogen and oxygen atoms in total. The quantitative estimate of drug-likeness (QED) is 0.687. The van der Waals surface area contributed by atoms with Crippen LogP contribution in [0.25, 0.3) is 0 Å². The van der Waals surface area contributed by atoms with E-state index in [1.807, 2.05) is 31.2 Å². The number of morpholine rings is 1. The van der Waals surface area contributed by atoms with Crippen LogP contribution in [0, 0.1) is 6.92 Å². The van der Waals surface area contributed by atoms with Crippen molar-refractivity contribution in [3.8, 4) is 5.75 Å². The molecule has 0 spiro atoms.